The summed E-state index contributed by atoms with van der Waals surface area (Å²) in [5, 5.41) is 2.82. The van der Waals surface area contributed by atoms with Gasteiger partial charge < -0.3 is 10.2 Å². The van der Waals surface area contributed by atoms with Crippen molar-refractivity contribution >= 4 is 11.8 Å². The maximum atomic E-state index is 12.4. The van der Waals surface area contributed by atoms with Crippen LogP contribution in [0.3, 0.4) is 0 Å². The van der Waals surface area contributed by atoms with E-state index in [1.54, 1.807) is 6.92 Å². The van der Waals surface area contributed by atoms with Crippen LogP contribution in [0.2, 0.25) is 0 Å². The monoisotopic (exact) mass is 268 g/mol. The predicted molar refractivity (Wildman–Crippen MR) is 76.7 cm³/mol. The predicted octanol–water partition coefficient (Wildman–Crippen LogP) is 2.19. The van der Waals surface area contributed by atoms with E-state index in [1.807, 2.05) is 25.7 Å². The molecular weight excluding hydrogens is 240 g/mol. The lowest BCUT2D eigenvalue weighted by molar-refractivity contribution is -0.138. The Hall–Kier alpha value is -1.06. The van der Waals surface area contributed by atoms with Crippen molar-refractivity contribution in [2.24, 2.45) is 11.3 Å². The smallest absolute Gasteiger partial charge is 0.244 e. The van der Waals surface area contributed by atoms with Gasteiger partial charge >= 0.3 is 0 Å². The van der Waals surface area contributed by atoms with Gasteiger partial charge in [0.15, 0.2) is 0 Å². The van der Waals surface area contributed by atoms with Crippen molar-refractivity contribution in [3.05, 3.63) is 0 Å². The molecule has 4 nitrogen and oxygen atoms in total. The first-order valence-corrected chi connectivity index (χ1v) is 7.35. The van der Waals surface area contributed by atoms with Crippen LogP contribution in [-0.2, 0) is 9.59 Å². The van der Waals surface area contributed by atoms with E-state index >= 15 is 0 Å². The molecule has 0 aromatic rings. The highest BCUT2D eigenvalue weighted by Crippen LogP contribution is 2.30. The van der Waals surface area contributed by atoms with Crippen LogP contribution in [0.25, 0.3) is 0 Å². The van der Waals surface area contributed by atoms with Gasteiger partial charge in [-0.25, -0.2) is 0 Å². The van der Waals surface area contributed by atoms with Crippen molar-refractivity contribution in [1.82, 2.24) is 10.2 Å². The molecule has 1 rings (SSSR count). The van der Waals surface area contributed by atoms with Crippen LogP contribution in [0.5, 0.6) is 0 Å². The minimum absolute atomic E-state index is 0.0475. The Bertz CT molecular complexity index is 330. The fourth-order valence-electron chi connectivity index (χ4n) is 1.92. The summed E-state index contributed by atoms with van der Waals surface area (Å²) in [5.41, 5.74) is -0.458. The van der Waals surface area contributed by atoms with E-state index in [1.165, 1.54) is 12.8 Å². The van der Waals surface area contributed by atoms with Crippen molar-refractivity contribution in [1.29, 1.82) is 0 Å². The van der Waals surface area contributed by atoms with E-state index in [0.717, 1.165) is 19.5 Å². The van der Waals surface area contributed by atoms with Crippen molar-refractivity contribution in [2.75, 3.05) is 13.1 Å². The molecule has 0 heterocycles. The van der Waals surface area contributed by atoms with Gasteiger partial charge in [0.25, 0.3) is 0 Å². The van der Waals surface area contributed by atoms with Gasteiger partial charge in [0.05, 0.1) is 0 Å². The van der Waals surface area contributed by atoms with Gasteiger partial charge in [-0.05, 0) is 32.1 Å². The first-order chi connectivity index (χ1) is 8.75. The third-order valence-electron chi connectivity index (χ3n) is 3.38. The molecule has 1 fully saturated rings. The van der Waals surface area contributed by atoms with Gasteiger partial charge in [-0.3, -0.25) is 9.59 Å². The lowest BCUT2D eigenvalue weighted by Crippen LogP contribution is -2.50. The Labute approximate surface area is 116 Å². The highest BCUT2D eigenvalue weighted by molar-refractivity contribution is 5.89. The van der Waals surface area contributed by atoms with Crippen LogP contribution in [0, 0.1) is 11.3 Å². The largest absolute Gasteiger partial charge is 0.344 e. The van der Waals surface area contributed by atoms with Gasteiger partial charge in [-0.1, -0.05) is 27.7 Å². The first-order valence-electron chi connectivity index (χ1n) is 7.35. The topological polar surface area (TPSA) is 49.4 Å². The molecule has 0 aromatic carbocycles. The Morgan fingerprint density at radius 3 is 2.32 bits per heavy atom. The second kappa shape index (κ2) is 6.40. The Balaban J connectivity index is 2.54. The van der Waals surface area contributed by atoms with Crippen LogP contribution in [0.15, 0.2) is 0 Å². The number of rotatable bonds is 6. The SMILES string of the molecule is CCCN(CC1CC1)C(=O)C(C)NC(=O)C(C)(C)C. The average molecular weight is 268 g/mol. The summed E-state index contributed by atoms with van der Waals surface area (Å²) in [4.78, 5) is 26.2. The molecule has 1 atom stereocenters. The third kappa shape index (κ3) is 5.21. The van der Waals surface area contributed by atoms with E-state index in [0.29, 0.717) is 5.92 Å². The van der Waals surface area contributed by atoms with Crippen LogP contribution in [-0.4, -0.2) is 35.8 Å². The molecule has 1 N–H and O–H groups in total. The Morgan fingerprint density at radius 1 is 1.32 bits per heavy atom. The third-order valence-corrected chi connectivity index (χ3v) is 3.38. The molecular formula is C15H28N2O2. The van der Waals surface area contributed by atoms with Gasteiger partial charge in [0, 0.05) is 18.5 Å². The summed E-state index contributed by atoms with van der Waals surface area (Å²) in [6.45, 7) is 11.1. The summed E-state index contributed by atoms with van der Waals surface area (Å²) in [6.07, 6.45) is 3.42. The molecule has 0 saturated heterocycles. The molecule has 2 amide bonds. The molecule has 19 heavy (non-hydrogen) atoms. The summed E-state index contributed by atoms with van der Waals surface area (Å²) in [5.74, 6) is 0.656. The van der Waals surface area contributed by atoms with Crippen molar-refractivity contribution < 1.29 is 9.59 Å². The standard InChI is InChI=1S/C15H28N2O2/c1-6-9-17(10-12-7-8-12)13(18)11(2)16-14(19)15(3,4)5/h11-12H,6-10H2,1-5H3,(H,16,19). The van der Waals surface area contributed by atoms with E-state index in [-0.39, 0.29) is 11.8 Å². The van der Waals surface area contributed by atoms with Crippen molar-refractivity contribution in [3.8, 4) is 0 Å². The first kappa shape index (κ1) is 16.0. The lowest BCUT2D eigenvalue weighted by atomic mass is 9.95. The van der Waals surface area contributed by atoms with E-state index in [2.05, 4.69) is 12.2 Å². The Kier molecular flexibility index (Phi) is 5.39. The zero-order chi connectivity index (χ0) is 14.6. The normalized spacial score (nSPS) is 16.9. The van der Waals surface area contributed by atoms with Crippen LogP contribution in [0.1, 0.15) is 53.9 Å². The number of carbonyl (C=O) groups excluding carboxylic acids is 2. The summed E-state index contributed by atoms with van der Waals surface area (Å²) in [6, 6.07) is -0.433. The minimum atomic E-state index is -0.458. The zero-order valence-electron chi connectivity index (χ0n) is 13.0. The van der Waals surface area contributed by atoms with Crippen LogP contribution in [0.4, 0.5) is 0 Å². The van der Waals surface area contributed by atoms with Gasteiger partial charge in [-0.15, -0.1) is 0 Å². The lowest BCUT2D eigenvalue weighted by Gasteiger charge is -2.27. The van der Waals surface area contributed by atoms with Gasteiger partial charge in [-0.2, -0.15) is 0 Å². The summed E-state index contributed by atoms with van der Waals surface area (Å²) >= 11 is 0. The molecule has 0 bridgehead atoms. The number of amides is 2. The molecule has 0 spiro atoms. The molecule has 1 aliphatic rings. The molecule has 1 saturated carbocycles. The van der Waals surface area contributed by atoms with Gasteiger partial charge in [0.2, 0.25) is 11.8 Å². The summed E-state index contributed by atoms with van der Waals surface area (Å²) in [7, 11) is 0. The van der Waals surface area contributed by atoms with Gasteiger partial charge in [0.1, 0.15) is 6.04 Å². The molecule has 1 unspecified atom stereocenters. The molecule has 0 radical (unpaired) electrons. The second-order valence-corrected chi connectivity index (χ2v) is 6.67. The Morgan fingerprint density at radius 2 is 1.89 bits per heavy atom. The highest BCUT2D eigenvalue weighted by atomic mass is 16.2. The van der Waals surface area contributed by atoms with E-state index in [4.69, 9.17) is 0 Å². The van der Waals surface area contributed by atoms with E-state index < -0.39 is 11.5 Å². The molecule has 4 heteroatoms. The molecule has 110 valence electrons. The quantitative estimate of drug-likeness (QED) is 0.802. The number of hydrogen-bond acceptors (Lipinski definition) is 2. The number of hydrogen-bond donors (Lipinski definition) is 1. The molecule has 0 aromatic heterocycles. The fourth-order valence-corrected chi connectivity index (χ4v) is 1.92. The maximum Gasteiger partial charge on any atom is 0.244 e. The van der Waals surface area contributed by atoms with Crippen LogP contribution < -0.4 is 5.32 Å². The van der Waals surface area contributed by atoms with Crippen LogP contribution >= 0.6 is 0 Å². The summed E-state index contributed by atoms with van der Waals surface area (Å²) < 4.78 is 0. The van der Waals surface area contributed by atoms with E-state index in [9.17, 15) is 9.59 Å². The zero-order valence-corrected chi connectivity index (χ0v) is 13.0. The number of nitrogens with one attached hydrogen (secondary N) is 1. The number of nitrogens with zero attached hydrogens (tertiary/aromatic N) is 1. The fraction of sp³-hybridized carbons (Fsp3) is 0.867. The van der Waals surface area contributed by atoms with Crippen molar-refractivity contribution in [2.45, 2.75) is 59.9 Å². The van der Waals surface area contributed by atoms with Crippen molar-refractivity contribution in [3.63, 3.8) is 0 Å². The highest BCUT2D eigenvalue weighted by Gasteiger charge is 2.30. The number of carbonyl (C=O) groups is 2. The minimum Gasteiger partial charge on any atom is -0.344 e. The average Bonchev–Trinajstić information content (AvgIpc) is 3.10. The second-order valence-electron chi connectivity index (χ2n) is 6.67. The maximum absolute atomic E-state index is 12.4. The molecule has 1 aliphatic carbocycles. The molecule has 0 aliphatic heterocycles.